The van der Waals surface area contributed by atoms with Crippen LogP contribution in [0, 0.1) is 0 Å². The summed E-state index contributed by atoms with van der Waals surface area (Å²) in [4.78, 5) is 10.3. The number of aliphatic carboxylic acids is 1. The average molecular weight is 145 g/mol. The third-order valence-corrected chi connectivity index (χ3v) is 1.67. The first kappa shape index (κ1) is 7.50. The molecule has 58 valence electrons. The maximum atomic E-state index is 10.3. The highest BCUT2D eigenvalue weighted by molar-refractivity contribution is 5.73. The molecule has 10 heavy (non-hydrogen) atoms. The van der Waals surface area contributed by atoms with Crippen LogP contribution in [0.3, 0.4) is 0 Å². The first-order valence-corrected chi connectivity index (χ1v) is 3.34. The highest BCUT2D eigenvalue weighted by atomic mass is 16.4. The Hall–Kier alpha value is -0.610. The van der Waals surface area contributed by atoms with Crippen LogP contribution in [0.5, 0.6) is 0 Å². The van der Waals surface area contributed by atoms with Gasteiger partial charge in [-0.15, -0.1) is 0 Å². The van der Waals surface area contributed by atoms with Crippen LogP contribution < -0.4 is 5.32 Å². The van der Waals surface area contributed by atoms with Gasteiger partial charge in [0.2, 0.25) is 0 Å². The van der Waals surface area contributed by atoms with Crippen LogP contribution in [0.1, 0.15) is 12.8 Å². The van der Waals surface area contributed by atoms with E-state index in [-0.39, 0.29) is 0 Å². The number of carbonyl (C=O) groups is 1. The number of nitrogens with one attached hydrogen (secondary N) is 1. The lowest BCUT2D eigenvalue weighted by atomic mass is 10.0. The van der Waals surface area contributed by atoms with Crippen molar-refractivity contribution in [1.82, 2.24) is 5.32 Å². The third kappa shape index (κ3) is 1.68. The monoisotopic (exact) mass is 145 g/mol. The van der Waals surface area contributed by atoms with E-state index >= 15 is 0 Å². The number of aliphatic hydroxyl groups excluding tert-OH is 1. The zero-order valence-corrected chi connectivity index (χ0v) is 5.58. The van der Waals surface area contributed by atoms with Crippen LogP contribution in [-0.2, 0) is 4.79 Å². The summed E-state index contributed by atoms with van der Waals surface area (Å²) in [5.74, 6) is -0.876. The third-order valence-electron chi connectivity index (χ3n) is 1.67. The maximum Gasteiger partial charge on any atom is 0.320 e. The Balaban J connectivity index is 2.39. The molecule has 1 fully saturated rings. The first-order valence-electron chi connectivity index (χ1n) is 3.34. The van der Waals surface area contributed by atoms with Crippen molar-refractivity contribution in [2.75, 3.05) is 6.54 Å². The SMILES string of the molecule is O=C(O)[C@H]1C[C@@H](O)CCN1. The number of rotatable bonds is 1. The predicted molar refractivity (Wildman–Crippen MR) is 34.7 cm³/mol. The van der Waals surface area contributed by atoms with Gasteiger partial charge in [-0.1, -0.05) is 0 Å². The molecule has 1 heterocycles. The van der Waals surface area contributed by atoms with Gasteiger partial charge in [-0.25, -0.2) is 0 Å². The van der Waals surface area contributed by atoms with E-state index in [9.17, 15) is 4.79 Å². The van der Waals surface area contributed by atoms with Gasteiger partial charge in [-0.3, -0.25) is 4.79 Å². The van der Waals surface area contributed by atoms with Gasteiger partial charge in [0.1, 0.15) is 6.04 Å². The van der Waals surface area contributed by atoms with Crippen molar-refractivity contribution in [1.29, 1.82) is 0 Å². The van der Waals surface area contributed by atoms with Gasteiger partial charge < -0.3 is 15.5 Å². The molecule has 0 amide bonds. The van der Waals surface area contributed by atoms with E-state index in [1.807, 2.05) is 0 Å². The number of piperidine rings is 1. The van der Waals surface area contributed by atoms with Crippen LogP contribution in [0.4, 0.5) is 0 Å². The molecule has 4 heteroatoms. The number of carboxylic acids is 1. The minimum absolute atomic E-state index is 0.329. The van der Waals surface area contributed by atoms with E-state index in [2.05, 4.69) is 5.32 Å². The van der Waals surface area contributed by atoms with Gasteiger partial charge in [0.15, 0.2) is 0 Å². The fourth-order valence-corrected chi connectivity index (χ4v) is 1.09. The molecular formula is C6H11NO3. The Morgan fingerprint density at radius 2 is 2.30 bits per heavy atom. The fourth-order valence-electron chi connectivity index (χ4n) is 1.09. The molecule has 1 rings (SSSR count). The van der Waals surface area contributed by atoms with Crippen molar-refractivity contribution in [3.8, 4) is 0 Å². The molecule has 0 unspecified atom stereocenters. The summed E-state index contributed by atoms with van der Waals surface area (Å²) >= 11 is 0. The maximum absolute atomic E-state index is 10.3. The molecule has 0 aromatic rings. The van der Waals surface area contributed by atoms with Crippen molar-refractivity contribution >= 4 is 5.97 Å². The molecule has 0 aliphatic carbocycles. The largest absolute Gasteiger partial charge is 0.480 e. The van der Waals surface area contributed by atoms with Crippen molar-refractivity contribution in [3.63, 3.8) is 0 Å². The zero-order valence-electron chi connectivity index (χ0n) is 5.58. The lowest BCUT2D eigenvalue weighted by molar-refractivity contribution is -0.141. The van der Waals surface area contributed by atoms with Gasteiger partial charge in [0.25, 0.3) is 0 Å². The molecule has 3 N–H and O–H groups in total. The van der Waals surface area contributed by atoms with Crippen molar-refractivity contribution in [2.45, 2.75) is 25.0 Å². The standard InChI is InChI=1S/C6H11NO3/c8-4-1-2-7-5(3-4)6(9)10/h4-5,7-8H,1-3H2,(H,9,10)/t4-,5+/m0/s1. The van der Waals surface area contributed by atoms with Gasteiger partial charge in [-0.05, 0) is 19.4 Å². The van der Waals surface area contributed by atoms with E-state index in [0.717, 1.165) is 0 Å². The molecule has 0 saturated carbocycles. The first-order chi connectivity index (χ1) is 4.70. The van der Waals surface area contributed by atoms with Gasteiger partial charge in [0.05, 0.1) is 6.10 Å². The summed E-state index contributed by atoms with van der Waals surface area (Å²) in [5, 5.41) is 20.3. The van der Waals surface area contributed by atoms with Gasteiger partial charge >= 0.3 is 5.97 Å². The summed E-state index contributed by atoms with van der Waals surface area (Å²) in [7, 11) is 0. The Kier molecular flexibility index (Phi) is 2.24. The molecule has 0 spiro atoms. The van der Waals surface area contributed by atoms with Crippen LogP contribution in [0.2, 0.25) is 0 Å². The Labute approximate surface area is 58.9 Å². The lowest BCUT2D eigenvalue weighted by Crippen LogP contribution is -2.45. The smallest absolute Gasteiger partial charge is 0.320 e. The van der Waals surface area contributed by atoms with Crippen LogP contribution in [0.25, 0.3) is 0 Å². The number of hydrogen-bond donors (Lipinski definition) is 3. The minimum Gasteiger partial charge on any atom is -0.480 e. The molecule has 1 aliphatic heterocycles. The number of aliphatic hydroxyl groups is 1. The second-order valence-electron chi connectivity index (χ2n) is 2.52. The average Bonchev–Trinajstić information content (AvgIpc) is 1.88. The topological polar surface area (TPSA) is 69.6 Å². The summed E-state index contributed by atoms with van der Waals surface area (Å²) in [6.45, 7) is 0.595. The van der Waals surface area contributed by atoms with Crippen molar-refractivity contribution < 1.29 is 15.0 Å². The Bertz CT molecular complexity index is 137. The molecular weight excluding hydrogens is 134 g/mol. The van der Waals surface area contributed by atoms with Crippen LogP contribution >= 0.6 is 0 Å². The predicted octanol–water partition coefficient (Wildman–Crippen LogP) is -0.816. The molecule has 0 bridgehead atoms. The summed E-state index contributed by atoms with van der Waals surface area (Å²) in [6.07, 6.45) is 0.543. The lowest BCUT2D eigenvalue weighted by Gasteiger charge is -2.23. The number of carboxylic acid groups (broad SMARTS) is 1. The van der Waals surface area contributed by atoms with Gasteiger partial charge in [-0.2, -0.15) is 0 Å². The van der Waals surface area contributed by atoms with Crippen LogP contribution in [-0.4, -0.2) is 34.9 Å². The van der Waals surface area contributed by atoms with E-state index in [4.69, 9.17) is 10.2 Å². The quantitative estimate of drug-likeness (QED) is 0.451. The normalized spacial score (nSPS) is 33.7. The second-order valence-corrected chi connectivity index (χ2v) is 2.52. The minimum atomic E-state index is -0.876. The van der Waals surface area contributed by atoms with E-state index in [1.54, 1.807) is 0 Å². The van der Waals surface area contributed by atoms with E-state index in [0.29, 0.717) is 19.4 Å². The molecule has 4 nitrogen and oxygen atoms in total. The molecule has 0 aromatic heterocycles. The van der Waals surface area contributed by atoms with Crippen molar-refractivity contribution in [2.24, 2.45) is 0 Å². The Morgan fingerprint density at radius 1 is 1.60 bits per heavy atom. The van der Waals surface area contributed by atoms with Crippen LogP contribution in [0.15, 0.2) is 0 Å². The fraction of sp³-hybridized carbons (Fsp3) is 0.833. The van der Waals surface area contributed by atoms with Crippen molar-refractivity contribution in [3.05, 3.63) is 0 Å². The van der Waals surface area contributed by atoms with Gasteiger partial charge in [0, 0.05) is 0 Å². The van der Waals surface area contributed by atoms with E-state index in [1.165, 1.54) is 0 Å². The van der Waals surface area contributed by atoms with E-state index < -0.39 is 18.1 Å². The number of hydrogen-bond acceptors (Lipinski definition) is 3. The summed E-state index contributed by atoms with van der Waals surface area (Å²) < 4.78 is 0. The summed E-state index contributed by atoms with van der Waals surface area (Å²) in [6, 6.07) is -0.552. The molecule has 0 aromatic carbocycles. The molecule has 1 aliphatic rings. The molecule has 0 radical (unpaired) electrons. The highest BCUT2D eigenvalue weighted by Gasteiger charge is 2.24. The Morgan fingerprint density at radius 3 is 2.70 bits per heavy atom. The second kappa shape index (κ2) is 2.98. The highest BCUT2D eigenvalue weighted by Crippen LogP contribution is 2.07. The molecule has 2 atom stereocenters. The zero-order chi connectivity index (χ0) is 7.56. The summed E-state index contributed by atoms with van der Waals surface area (Å²) in [5.41, 5.74) is 0. The molecule has 1 saturated heterocycles.